The molecule has 1 saturated heterocycles. The van der Waals surface area contributed by atoms with E-state index in [0.717, 1.165) is 44.0 Å². The summed E-state index contributed by atoms with van der Waals surface area (Å²) in [5, 5.41) is 18.3. The van der Waals surface area contributed by atoms with Gasteiger partial charge in [-0.25, -0.2) is 0 Å². The molecular weight excluding hydrogens is 426 g/mol. The molecule has 32 heavy (non-hydrogen) atoms. The van der Waals surface area contributed by atoms with Crippen LogP contribution in [0.3, 0.4) is 0 Å². The predicted octanol–water partition coefficient (Wildman–Crippen LogP) is 2.58. The molecule has 0 unspecified atom stereocenters. The lowest BCUT2D eigenvalue weighted by Crippen LogP contribution is -2.47. The number of rotatable bonds is 6. The van der Waals surface area contributed by atoms with Gasteiger partial charge in [-0.05, 0) is 53.9 Å². The Kier molecular flexibility index (Phi) is 7.19. The molecule has 5 heterocycles. The van der Waals surface area contributed by atoms with Crippen LogP contribution in [0.15, 0.2) is 46.0 Å². The van der Waals surface area contributed by atoms with Gasteiger partial charge in [0.2, 0.25) is 0 Å². The van der Waals surface area contributed by atoms with E-state index >= 15 is 0 Å². The molecule has 2 N–H and O–H groups in total. The summed E-state index contributed by atoms with van der Waals surface area (Å²) < 4.78 is 2.07. The summed E-state index contributed by atoms with van der Waals surface area (Å²) in [6.07, 6.45) is 2.97. The zero-order chi connectivity index (χ0) is 22.5. The van der Waals surface area contributed by atoms with Gasteiger partial charge in [-0.2, -0.15) is 16.4 Å². The van der Waals surface area contributed by atoms with Crippen LogP contribution in [0.2, 0.25) is 0 Å². The predicted molar refractivity (Wildman–Crippen MR) is 124 cm³/mol. The molecule has 2 aliphatic heterocycles. The number of hydrogen-bond acceptors (Lipinski definition) is 6. The van der Waals surface area contributed by atoms with Crippen molar-refractivity contribution in [3.63, 3.8) is 0 Å². The summed E-state index contributed by atoms with van der Waals surface area (Å²) in [5.41, 5.74) is 4.76. The molecule has 2 aliphatic rings. The Bertz CT molecular complexity index is 1060. The van der Waals surface area contributed by atoms with Crippen LogP contribution in [0, 0.1) is 5.92 Å². The molecule has 2 bridgehead atoms. The molecule has 0 aromatic carbocycles. The van der Waals surface area contributed by atoms with Gasteiger partial charge >= 0.3 is 0 Å². The van der Waals surface area contributed by atoms with Crippen LogP contribution in [0.4, 0.5) is 0 Å². The van der Waals surface area contributed by atoms with E-state index in [1.165, 1.54) is 17.7 Å². The molecule has 0 saturated carbocycles. The maximum Gasteiger partial charge on any atom is 0.290 e. The molecule has 8 nitrogen and oxygen atoms in total. The summed E-state index contributed by atoms with van der Waals surface area (Å²) in [6, 6.07) is 8.45. The molecule has 0 radical (unpaired) electrons. The minimum Gasteiger partial charge on any atom is -0.483 e. The summed E-state index contributed by atoms with van der Waals surface area (Å²) in [4.78, 5) is 26.3. The molecule has 170 valence electrons. The second kappa shape index (κ2) is 10.2. The van der Waals surface area contributed by atoms with E-state index in [0.29, 0.717) is 18.4 Å². The van der Waals surface area contributed by atoms with Gasteiger partial charge in [-0.15, -0.1) is 0 Å². The van der Waals surface area contributed by atoms with E-state index in [4.69, 9.17) is 9.90 Å². The zero-order valence-corrected chi connectivity index (χ0v) is 19.0. The highest BCUT2D eigenvalue weighted by atomic mass is 32.1. The van der Waals surface area contributed by atoms with Gasteiger partial charge in [-0.3, -0.25) is 24.5 Å². The average Bonchev–Trinajstić information content (AvgIpc) is 3.45. The summed E-state index contributed by atoms with van der Waals surface area (Å²) in [5.74, 6) is 1.03. The number of nitrogens with one attached hydrogen (secondary N) is 1. The molecule has 2 atom stereocenters. The minimum atomic E-state index is -0.250. The number of carbonyl (C=O) groups is 1. The Morgan fingerprint density at radius 1 is 1.25 bits per heavy atom. The maximum absolute atomic E-state index is 13.2. The molecule has 3 aromatic rings. The second-order valence-electron chi connectivity index (χ2n) is 8.68. The number of fused-ring (bicyclic) bond motifs is 4. The third-order valence-corrected chi connectivity index (χ3v) is 6.92. The van der Waals surface area contributed by atoms with Gasteiger partial charge in [0.1, 0.15) is 0 Å². The number of aromatic nitrogens is 3. The van der Waals surface area contributed by atoms with Crippen molar-refractivity contribution >= 4 is 17.8 Å². The summed E-state index contributed by atoms with van der Waals surface area (Å²) in [7, 11) is 2.04. The van der Waals surface area contributed by atoms with Gasteiger partial charge in [0.05, 0.1) is 0 Å². The number of hydrogen-bond donors (Lipinski definition) is 2. The van der Waals surface area contributed by atoms with Crippen molar-refractivity contribution < 1.29 is 9.90 Å². The van der Waals surface area contributed by atoms with Crippen molar-refractivity contribution in [1.82, 2.24) is 24.6 Å². The van der Waals surface area contributed by atoms with Crippen LogP contribution in [0.5, 0.6) is 0 Å². The minimum absolute atomic E-state index is 0.194. The molecule has 9 heteroatoms. The van der Waals surface area contributed by atoms with Gasteiger partial charge in [0.15, 0.2) is 0 Å². The smallest absolute Gasteiger partial charge is 0.290 e. The van der Waals surface area contributed by atoms with E-state index in [-0.39, 0.29) is 12.0 Å². The van der Waals surface area contributed by atoms with Crippen LogP contribution >= 0.6 is 11.3 Å². The van der Waals surface area contributed by atoms with E-state index in [1.54, 1.807) is 17.5 Å². The Morgan fingerprint density at radius 2 is 2.09 bits per heavy atom. The Balaban J connectivity index is 0.000000775. The highest BCUT2D eigenvalue weighted by Crippen LogP contribution is 2.35. The largest absolute Gasteiger partial charge is 0.483 e. The summed E-state index contributed by atoms with van der Waals surface area (Å²) in [6.45, 7) is 5.16. The highest BCUT2D eigenvalue weighted by Gasteiger charge is 2.34. The second-order valence-corrected chi connectivity index (χ2v) is 9.46. The fraction of sp³-hybridized carbons (Fsp3) is 0.435. The van der Waals surface area contributed by atoms with Crippen molar-refractivity contribution in [1.29, 1.82) is 0 Å². The molecule has 3 aromatic heterocycles. The van der Waals surface area contributed by atoms with Gasteiger partial charge in [0.25, 0.3) is 12.0 Å². The number of piperidine rings is 1. The standard InChI is InChI=1S/C22H27N5OS.CH2O2/c1-25(14-20-4-6-23-24-20)12-18-2-3-21-19-8-17(11-27(21)22(18)28)10-26(13-19)9-16-5-7-29-15-16;2-1-3/h2-7,15,17,19H,8-14H2,1H3,(H,23,24);1H,(H,2,3)/t17-,19+;/m0./s1. The lowest BCUT2D eigenvalue weighted by atomic mass is 9.83. The number of aromatic amines is 1. The Hall–Kier alpha value is -2.75. The summed E-state index contributed by atoms with van der Waals surface area (Å²) >= 11 is 1.77. The van der Waals surface area contributed by atoms with E-state index in [9.17, 15) is 4.79 Å². The van der Waals surface area contributed by atoms with Crippen LogP contribution in [0.1, 0.15) is 34.9 Å². The number of likely N-dealkylation sites (tertiary alicyclic amines) is 1. The number of thiophene rings is 1. The van der Waals surface area contributed by atoms with Crippen LogP contribution in [0.25, 0.3) is 0 Å². The van der Waals surface area contributed by atoms with E-state index in [1.807, 2.05) is 13.1 Å². The third-order valence-electron chi connectivity index (χ3n) is 6.18. The molecule has 0 spiro atoms. The monoisotopic (exact) mass is 455 g/mol. The first kappa shape index (κ1) is 22.4. The van der Waals surface area contributed by atoms with Crippen molar-refractivity contribution in [2.75, 3.05) is 20.1 Å². The fourth-order valence-corrected chi connectivity index (χ4v) is 5.65. The van der Waals surface area contributed by atoms with Crippen LogP contribution < -0.4 is 5.56 Å². The third kappa shape index (κ3) is 5.17. The molecule has 0 aliphatic carbocycles. The SMILES string of the molecule is CN(Cc1ccn[nH]1)Cc1ccc2n(c1=O)C[C@H]1C[C@@H]2CN(Cc2ccsc2)C1.O=CO. The number of carboxylic acid groups (broad SMARTS) is 1. The van der Waals surface area contributed by atoms with E-state index < -0.39 is 0 Å². The van der Waals surface area contributed by atoms with Gasteiger partial charge in [0, 0.05) is 68.3 Å². The maximum atomic E-state index is 13.2. The van der Waals surface area contributed by atoms with E-state index in [2.05, 4.69) is 53.5 Å². The number of pyridine rings is 1. The lowest BCUT2D eigenvalue weighted by molar-refractivity contribution is -0.122. The van der Waals surface area contributed by atoms with Crippen molar-refractivity contribution in [3.05, 3.63) is 74.1 Å². The van der Waals surface area contributed by atoms with Crippen LogP contribution in [-0.4, -0.2) is 56.3 Å². The number of nitrogens with zero attached hydrogens (tertiary/aromatic N) is 4. The first-order valence-electron chi connectivity index (χ1n) is 10.8. The molecule has 1 fully saturated rings. The topological polar surface area (TPSA) is 94.5 Å². The van der Waals surface area contributed by atoms with Crippen molar-refractivity contribution in [2.45, 2.75) is 38.5 Å². The number of H-pyrrole nitrogens is 1. The molecule has 0 amide bonds. The normalized spacial score (nSPS) is 19.8. The first-order chi connectivity index (χ1) is 15.6. The highest BCUT2D eigenvalue weighted by molar-refractivity contribution is 7.07. The van der Waals surface area contributed by atoms with Crippen molar-refractivity contribution in [2.24, 2.45) is 5.92 Å². The van der Waals surface area contributed by atoms with Crippen LogP contribution in [-0.2, 0) is 31.0 Å². The van der Waals surface area contributed by atoms with Gasteiger partial charge < -0.3 is 9.67 Å². The lowest BCUT2D eigenvalue weighted by Gasteiger charge is -2.43. The quantitative estimate of drug-likeness (QED) is 0.555. The molecule has 5 rings (SSSR count). The van der Waals surface area contributed by atoms with Gasteiger partial charge in [-0.1, -0.05) is 6.07 Å². The Morgan fingerprint density at radius 3 is 2.81 bits per heavy atom. The van der Waals surface area contributed by atoms with Crippen molar-refractivity contribution in [3.8, 4) is 0 Å². The zero-order valence-electron chi connectivity index (χ0n) is 18.2. The molecular formula is C23H29N5O3S. The fourth-order valence-electron chi connectivity index (χ4n) is 4.99. The Labute approximate surface area is 191 Å². The average molecular weight is 456 g/mol. The first-order valence-corrected chi connectivity index (χ1v) is 11.7.